The molecule has 0 saturated carbocycles. The third-order valence-electron chi connectivity index (χ3n) is 7.11. The summed E-state index contributed by atoms with van der Waals surface area (Å²) in [6.07, 6.45) is 16.1. The lowest BCUT2D eigenvalue weighted by atomic mass is 10.1. The average molecular weight is 511 g/mol. The molecule has 2 heterocycles. The summed E-state index contributed by atoms with van der Waals surface area (Å²) >= 11 is 3.64. The minimum Gasteiger partial charge on any atom is -0.172 e. The van der Waals surface area contributed by atoms with Crippen molar-refractivity contribution in [1.82, 2.24) is 0 Å². The zero-order valence-electron chi connectivity index (χ0n) is 21.0. The first kappa shape index (κ1) is 24.6. The van der Waals surface area contributed by atoms with E-state index in [-0.39, 0.29) is 0 Å². The summed E-state index contributed by atoms with van der Waals surface area (Å²) in [6, 6.07) is 8.85. The molecule has 6 heteroatoms. The Hall–Kier alpha value is -3.06. The lowest BCUT2D eigenvalue weighted by Crippen LogP contribution is -1.99. The van der Waals surface area contributed by atoms with Crippen LogP contribution in [0.1, 0.15) is 75.0 Å². The first-order valence-corrected chi connectivity index (χ1v) is 14.7. The predicted octanol–water partition coefficient (Wildman–Crippen LogP) is 8.31. The maximum Gasteiger partial charge on any atom is 0.206 e. The number of fused-ring (bicyclic) bond motifs is 6. The molecule has 182 valence electrons. The van der Waals surface area contributed by atoms with Gasteiger partial charge in [0.1, 0.15) is 0 Å². The Morgan fingerprint density at radius 3 is 1.42 bits per heavy atom. The summed E-state index contributed by atoms with van der Waals surface area (Å²) in [5.41, 5.74) is 0. The molecule has 5 rings (SSSR count). The van der Waals surface area contributed by atoms with Crippen molar-refractivity contribution in [2.75, 3.05) is 0 Å². The highest BCUT2D eigenvalue weighted by Crippen LogP contribution is 2.38. The van der Waals surface area contributed by atoms with Crippen LogP contribution in [-0.4, -0.2) is 0 Å². The molecule has 0 aliphatic carbocycles. The molecule has 0 N–H and O–H groups in total. The van der Waals surface area contributed by atoms with Crippen molar-refractivity contribution in [2.45, 2.75) is 78.1 Å². The molecular weight excluding hydrogens is 480 g/mol. The van der Waals surface area contributed by atoms with Crippen LogP contribution >= 0.6 is 22.7 Å². The maximum absolute atomic E-state index is 9.49. The Bertz CT molecular complexity index is 1610. The molecule has 0 aliphatic heterocycles. The Morgan fingerprint density at radius 1 is 0.583 bits per heavy atom. The molecule has 0 aliphatic rings. The second-order valence-electron chi connectivity index (χ2n) is 9.60. The minimum absolute atomic E-state index is 0.782. The Morgan fingerprint density at radius 2 is 1.03 bits per heavy atom. The fourth-order valence-corrected chi connectivity index (χ4v) is 7.79. The van der Waals surface area contributed by atoms with Gasteiger partial charge in [-0.25, -0.2) is 0 Å². The SMILES string of the molecule is CCCCCCc1cc2c(=NC#N)c3cc4c(cc3c2s1)c(=NC#N)c1cc(CCCCCC)sc14. The van der Waals surface area contributed by atoms with Gasteiger partial charge in [-0.2, -0.15) is 20.5 Å². The topological polar surface area (TPSA) is 72.3 Å². The number of benzene rings is 1. The van der Waals surface area contributed by atoms with Gasteiger partial charge in [0.05, 0.1) is 10.7 Å². The Kier molecular flexibility index (Phi) is 7.46. The highest BCUT2D eigenvalue weighted by atomic mass is 32.1. The van der Waals surface area contributed by atoms with Gasteiger partial charge in [-0.1, -0.05) is 52.4 Å². The van der Waals surface area contributed by atoms with Crippen LogP contribution in [0.2, 0.25) is 0 Å². The molecule has 0 spiro atoms. The van der Waals surface area contributed by atoms with Crippen LogP contribution in [0.25, 0.3) is 41.7 Å². The largest absolute Gasteiger partial charge is 0.206 e. The first-order valence-electron chi connectivity index (χ1n) is 13.1. The molecule has 0 atom stereocenters. The van der Waals surface area contributed by atoms with Crippen molar-refractivity contribution >= 4 is 64.4 Å². The van der Waals surface area contributed by atoms with Crippen molar-refractivity contribution < 1.29 is 0 Å². The van der Waals surface area contributed by atoms with Crippen molar-refractivity contribution in [3.8, 4) is 12.4 Å². The van der Waals surface area contributed by atoms with Crippen LogP contribution < -0.4 is 10.7 Å². The van der Waals surface area contributed by atoms with E-state index in [0.717, 1.165) is 55.9 Å². The maximum atomic E-state index is 9.49. The van der Waals surface area contributed by atoms with Crippen molar-refractivity contribution in [2.24, 2.45) is 9.98 Å². The van der Waals surface area contributed by atoms with E-state index in [0.29, 0.717) is 0 Å². The van der Waals surface area contributed by atoms with E-state index in [1.54, 1.807) is 0 Å². The monoisotopic (exact) mass is 510 g/mol. The summed E-state index contributed by atoms with van der Waals surface area (Å²) in [5.74, 6) is 0. The minimum atomic E-state index is 0.782. The average Bonchev–Trinajstić information content (AvgIpc) is 3.61. The highest BCUT2D eigenvalue weighted by Gasteiger charge is 2.18. The number of hydrogen-bond acceptors (Lipinski definition) is 6. The number of rotatable bonds is 10. The van der Waals surface area contributed by atoms with Gasteiger partial charge in [-0.15, -0.1) is 22.7 Å². The summed E-state index contributed by atoms with van der Waals surface area (Å²) in [7, 11) is 0. The molecule has 0 radical (unpaired) electrons. The smallest absolute Gasteiger partial charge is 0.172 e. The number of nitriles is 2. The Labute approximate surface area is 219 Å². The van der Waals surface area contributed by atoms with Gasteiger partial charge >= 0.3 is 0 Å². The van der Waals surface area contributed by atoms with Crippen molar-refractivity contribution in [3.05, 3.63) is 44.7 Å². The molecule has 0 amide bonds. The van der Waals surface area contributed by atoms with Gasteiger partial charge in [-0.05, 0) is 49.9 Å². The Balaban J connectivity index is 1.67. The molecule has 5 aromatic rings. The van der Waals surface area contributed by atoms with Crippen molar-refractivity contribution in [1.29, 1.82) is 10.5 Å². The van der Waals surface area contributed by atoms with Gasteiger partial charge in [0.25, 0.3) is 0 Å². The molecule has 4 nitrogen and oxygen atoms in total. The lowest BCUT2D eigenvalue weighted by Gasteiger charge is -1.98. The van der Waals surface area contributed by atoms with E-state index < -0.39 is 0 Å². The van der Waals surface area contributed by atoms with Gasteiger partial charge in [-0.3, -0.25) is 0 Å². The van der Waals surface area contributed by atoms with Gasteiger partial charge in [0, 0.05) is 51.5 Å². The van der Waals surface area contributed by atoms with Crippen LogP contribution in [0.15, 0.2) is 34.3 Å². The number of aryl methyl sites for hydroxylation is 2. The quantitative estimate of drug-likeness (QED) is 0.140. The molecule has 2 aromatic heterocycles. The van der Waals surface area contributed by atoms with E-state index in [9.17, 15) is 10.5 Å². The van der Waals surface area contributed by atoms with E-state index >= 15 is 0 Å². The summed E-state index contributed by atoms with van der Waals surface area (Å²) < 4.78 is 2.38. The standard InChI is InChI=1S/C30H30N4S2/c1-3-5-7-9-11-19-13-25-27(33-17-31)21-16-24-22(15-23(21)29(25)35-19)28(34-18-32)26-14-20(36-30(24)26)12-10-8-6-4-2/h13-16H,3-12H2,1-2H3. The van der Waals surface area contributed by atoms with Gasteiger partial charge < -0.3 is 0 Å². The van der Waals surface area contributed by atoms with Crippen molar-refractivity contribution in [3.63, 3.8) is 0 Å². The van der Waals surface area contributed by atoms with E-state index in [1.165, 1.54) is 70.5 Å². The molecule has 0 unspecified atom stereocenters. The number of nitrogens with zero attached hydrogens (tertiary/aromatic N) is 4. The van der Waals surface area contributed by atoms with E-state index in [1.807, 2.05) is 35.1 Å². The normalized spacial score (nSPS) is 13.0. The fraction of sp³-hybridized carbons (Fsp3) is 0.400. The van der Waals surface area contributed by atoms with Gasteiger partial charge in [0.2, 0.25) is 12.4 Å². The molecule has 0 saturated heterocycles. The third kappa shape index (κ3) is 4.45. The van der Waals surface area contributed by atoms with Crippen LogP contribution in [0, 0.1) is 22.9 Å². The lowest BCUT2D eigenvalue weighted by molar-refractivity contribution is 0.670. The number of thiophene rings is 2. The van der Waals surface area contributed by atoms with Gasteiger partial charge in [0.15, 0.2) is 0 Å². The number of unbranched alkanes of at least 4 members (excludes halogenated alkanes) is 6. The van der Waals surface area contributed by atoms with Crippen LogP contribution in [0.4, 0.5) is 0 Å². The second kappa shape index (κ2) is 10.9. The molecular formula is C30H30N4S2. The van der Waals surface area contributed by atoms with E-state index in [2.05, 4.69) is 48.1 Å². The highest BCUT2D eigenvalue weighted by molar-refractivity contribution is 7.20. The first-order chi connectivity index (χ1) is 17.7. The summed E-state index contributed by atoms with van der Waals surface area (Å²) in [4.78, 5) is 11.3. The predicted molar refractivity (Wildman–Crippen MR) is 153 cm³/mol. The molecule has 0 bridgehead atoms. The van der Waals surface area contributed by atoms with Crippen LogP contribution in [0.3, 0.4) is 0 Å². The van der Waals surface area contributed by atoms with Crippen LogP contribution in [-0.2, 0) is 12.8 Å². The van der Waals surface area contributed by atoms with Crippen LogP contribution in [0.5, 0.6) is 0 Å². The fourth-order valence-electron chi connectivity index (χ4n) is 5.33. The number of hydrogen-bond donors (Lipinski definition) is 0. The van der Waals surface area contributed by atoms with E-state index in [4.69, 9.17) is 0 Å². The zero-order chi connectivity index (χ0) is 25.1. The summed E-state index contributed by atoms with van der Waals surface area (Å²) in [6.45, 7) is 4.47. The zero-order valence-corrected chi connectivity index (χ0v) is 22.6. The molecule has 36 heavy (non-hydrogen) atoms. The molecule has 0 fully saturated rings. The second-order valence-corrected chi connectivity index (χ2v) is 11.9. The molecule has 3 aromatic carbocycles. The third-order valence-corrected chi connectivity index (χ3v) is 9.57. The summed E-state index contributed by atoms with van der Waals surface area (Å²) in [5, 5.41) is 27.0.